The van der Waals surface area contributed by atoms with Crippen molar-refractivity contribution in [3.63, 3.8) is 0 Å². The summed E-state index contributed by atoms with van der Waals surface area (Å²) in [7, 11) is 0. The summed E-state index contributed by atoms with van der Waals surface area (Å²) in [6, 6.07) is 79.3. The maximum atomic E-state index is 5.49. The Balaban J connectivity index is 1.23. The van der Waals surface area contributed by atoms with Gasteiger partial charge in [0.2, 0.25) is 0 Å². The van der Waals surface area contributed by atoms with Gasteiger partial charge in [-0.05, 0) is 92.7 Å². The average molecular weight is 777 g/mol. The van der Waals surface area contributed by atoms with Crippen molar-refractivity contribution in [3.8, 4) is 67.0 Å². The number of hydrogen-bond donors (Lipinski definition) is 0. The molecule has 9 aromatic rings. The van der Waals surface area contributed by atoms with E-state index in [4.69, 9.17) is 9.97 Å². The van der Waals surface area contributed by atoms with Gasteiger partial charge in [-0.25, -0.2) is 9.97 Å². The minimum absolute atomic E-state index is 0.651. The van der Waals surface area contributed by atoms with Crippen LogP contribution in [0.5, 0.6) is 0 Å². The normalized spacial score (nSPS) is 13.5. The lowest BCUT2D eigenvalue weighted by Gasteiger charge is -2.35. The SMILES string of the molecule is c1c(-c2cc(-c3cc(-c4ccccc4)cc(-c4ccccc4)c3)nc(C3=CCCC=C3)n2)c(-c2ccccc2)c2c(c#1)-c1ccccc1C2(c1ccccc1)c1ccccc1. The molecule has 61 heavy (non-hydrogen) atoms. The molecule has 2 heteroatoms. The summed E-state index contributed by atoms with van der Waals surface area (Å²) in [5.41, 5.74) is 17.7. The molecule has 1 heterocycles. The topological polar surface area (TPSA) is 25.8 Å². The predicted molar refractivity (Wildman–Crippen MR) is 251 cm³/mol. The molecular weight excluding hydrogens is 737 g/mol. The van der Waals surface area contributed by atoms with Gasteiger partial charge in [-0.1, -0.05) is 206 Å². The Bertz CT molecular complexity index is 3000. The molecule has 0 saturated carbocycles. The number of aromatic nitrogens is 2. The highest BCUT2D eigenvalue weighted by Gasteiger charge is 2.48. The number of nitrogens with zero attached hydrogens (tertiary/aromatic N) is 2. The van der Waals surface area contributed by atoms with Crippen LogP contribution in [0.25, 0.3) is 72.6 Å². The molecule has 0 saturated heterocycles. The lowest BCUT2D eigenvalue weighted by Crippen LogP contribution is -2.29. The summed E-state index contributed by atoms with van der Waals surface area (Å²) in [6.45, 7) is 0. The van der Waals surface area contributed by atoms with Crippen molar-refractivity contribution >= 4 is 5.57 Å². The monoisotopic (exact) mass is 776 g/mol. The van der Waals surface area contributed by atoms with E-state index in [2.05, 4.69) is 231 Å². The van der Waals surface area contributed by atoms with Gasteiger partial charge in [-0.3, -0.25) is 0 Å². The minimum Gasteiger partial charge on any atom is -0.228 e. The lowest BCUT2D eigenvalue weighted by molar-refractivity contribution is 0.770. The van der Waals surface area contributed by atoms with Gasteiger partial charge in [0, 0.05) is 22.3 Å². The maximum absolute atomic E-state index is 5.49. The molecule has 0 bridgehead atoms. The smallest absolute Gasteiger partial charge is 0.160 e. The van der Waals surface area contributed by atoms with E-state index < -0.39 is 5.41 Å². The van der Waals surface area contributed by atoms with E-state index in [9.17, 15) is 0 Å². The highest BCUT2D eigenvalue weighted by molar-refractivity contribution is 5.97. The van der Waals surface area contributed by atoms with Crippen LogP contribution in [0.4, 0.5) is 0 Å². The van der Waals surface area contributed by atoms with E-state index in [1.54, 1.807) is 0 Å². The number of rotatable bonds is 8. The van der Waals surface area contributed by atoms with Gasteiger partial charge in [0.05, 0.1) is 22.4 Å². The molecule has 0 aliphatic heterocycles. The van der Waals surface area contributed by atoms with Crippen LogP contribution in [0.3, 0.4) is 0 Å². The fourth-order valence-corrected chi connectivity index (χ4v) is 9.47. The molecular formula is C59H40N2. The number of benzene rings is 7. The van der Waals surface area contributed by atoms with Crippen molar-refractivity contribution in [1.29, 1.82) is 0 Å². The van der Waals surface area contributed by atoms with Gasteiger partial charge in [0.1, 0.15) is 0 Å². The summed E-state index contributed by atoms with van der Waals surface area (Å²) in [6.07, 6.45) is 8.61. The highest BCUT2D eigenvalue weighted by atomic mass is 14.9. The zero-order valence-electron chi connectivity index (χ0n) is 33.6. The Morgan fingerprint density at radius 2 is 0.934 bits per heavy atom. The third-order valence-electron chi connectivity index (χ3n) is 12.2. The number of hydrogen-bond acceptors (Lipinski definition) is 2. The van der Waals surface area contributed by atoms with Crippen LogP contribution in [-0.4, -0.2) is 9.97 Å². The Labute approximate surface area is 357 Å². The molecule has 0 amide bonds. The second kappa shape index (κ2) is 15.4. The Hall–Kier alpha value is -7.86. The van der Waals surface area contributed by atoms with Crippen LogP contribution in [0.1, 0.15) is 40.9 Å². The average Bonchev–Trinajstić information content (AvgIpc) is 3.66. The van der Waals surface area contributed by atoms with Crippen molar-refractivity contribution in [1.82, 2.24) is 9.97 Å². The molecule has 1 aromatic heterocycles. The largest absolute Gasteiger partial charge is 0.228 e. The zero-order valence-corrected chi connectivity index (χ0v) is 33.6. The van der Waals surface area contributed by atoms with Gasteiger partial charge in [0.15, 0.2) is 5.82 Å². The maximum Gasteiger partial charge on any atom is 0.160 e. The van der Waals surface area contributed by atoms with E-state index in [1.807, 2.05) is 0 Å². The van der Waals surface area contributed by atoms with E-state index in [1.165, 1.54) is 22.3 Å². The molecule has 2 aliphatic carbocycles. The summed E-state index contributed by atoms with van der Waals surface area (Å²) < 4.78 is 0. The molecule has 0 unspecified atom stereocenters. The summed E-state index contributed by atoms with van der Waals surface area (Å²) >= 11 is 0. The number of allylic oxidation sites excluding steroid dienone is 4. The van der Waals surface area contributed by atoms with Crippen molar-refractivity contribution < 1.29 is 0 Å². The summed E-state index contributed by atoms with van der Waals surface area (Å²) in [5.74, 6) is 0.698. The van der Waals surface area contributed by atoms with Crippen molar-refractivity contribution in [2.24, 2.45) is 0 Å². The predicted octanol–water partition coefficient (Wildman–Crippen LogP) is 14.5. The molecule has 0 atom stereocenters. The van der Waals surface area contributed by atoms with Crippen LogP contribution in [0, 0.1) is 12.1 Å². The first kappa shape index (κ1) is 36.2. The van der Waals surface area contributed by atoms with E-state index in [0.717, 1.165) is 85.4 Å². The van der Waals surface area contributed by atoms with Crippen LogP contribution < -0.4 is 0 Å². The first-order valence-electron chi connectivity index (χ1n) is 21.1. The fraction of sp³-hybridized carbons (Fsp3) is 0.0508. The van der Waals surface area contributed by atoms with Gasteiger partial charge < -0.3 is 0 Å². The molecule has 11 rings (SSSR count). The molecule has 2 aliphatic rings. The van der Waals surface area contributed by atoms with E-state index >= 15 is 0 Å². The quantitative estimate of drug-likeness (QED) is 0.154. The van der Waals surface area contributed by atoms with E-state index in [0.29, 0.717) is 5.82 Å². The molecule has 2 nitrogen and oxygen atoms in total. The van der Waals surface area contributed by atoms with Gasteiger partial charge in [-0.2, -0.15) is 0 Å². The first-order chi connectivity index (χ1) is 30.3. The fourth-order valence-electron chi connectivity index (χ4n) is 9.47. The van der Waals surface area contributed by atoms with Gasteiger partial charge >= 0.3 is 0 Å². The molecule has 8 aromatic carbocycles. The first-order valence-corrected chi connectivity index (χ1v) is 21.1. The van der Waals surface area contributed by atoms with Crippen LogP contribution in [0.15, 0.2) is 218 Å². The zero-order chi connectivity index (χ0) is 40.6. The Morgan fingerprint density at radius 1 is 0.426 bits per heavy atom. The summed E-state index contributed by atoms with van der Waals surface area (Å²) in [4.78, 5) is 10.9. The van der Waals surface area contributed by atoms with Gasteiger partial charge in [0.25, 0.3) is 0 Å². The van der Waals surface area contributed by atoms with Gasteiger partial charge in [-0.15, -0.1) is 0 Å². The van der Waals surface area contributed by atoms with Crippen LogP contribution in [0.2, 0.25) is 0 Å². The Kier molecular flexibility index (Phi) is 9.14. The third-order valence-corrected chi connectivity index (χ3v) is 12.2. The number of fused-ring (bicyclic) bond motifs is 3. The lowest BCUT2D eigenvalue weighted by atomic mass is 9.65. The summed E-state index contributed by atoms with van der Waals surface area (Å²) in [5, 5.41) is 0. The molecule has 0 spiro atoms. The van der Waals surface area contributed by atoms with Crippen molar-refractivity contribution in [3.05, 3.63) is 259 Å². The minimum atomic E-state index is -0.651. The highest BCUT2D eigenvalue weighted by Crippen LogP contribution is 2.59. The van der Waals surface area contributed by atoms with Crippen LogP contribution in [-0.2, 0) is 5.41 Å². The third kappa shape index (κ3) is 6.31. The van der Waals surface area contributed by atoms with E-state index in [-0.39, 0.29) is 0 Å². The Morgan fingerprint density at radius 3 is 1.52 bits per heavy atom. The molecule has 286 valence electrons. The molecule has 0 radical (unpaired) electrons. The van der Waals surface area contributed by atoms with Crippen molar-refractivity contribution in [2.75, 3.05) is 0 Å². The molecule has 0 N–H and O–H groups in total. The standard InChI is InChI=1S/C59H40N2/c1-7-21-41(22-8-1)45-37-46(42-23-9-2-10-24-42)39-47(38-45)54-40-55(61-58(60-54)44-27-13-4-14-28-44)52-36-35-51-50-33-19-20-34-53(50)59(48-29-15-5-16-30-48,49-31-17-6-18-32-49)57(51)56(52)43-25-11-3-12-26-43/h1-3,5-13,15-34,37-40H,4,14H2. The van der Waals surface area contributed by atoms with Crippen LogP contribution >= 0.6 is 0 Å². The second-order valence-electron chi connectivity index (χ2n) is 15.8. The van der Waals surface area contributed by atoms with Crippen molar-refractivity contribution in [2.45, 2.75) is 18.3 Å². The second-order valence-corrected chi connectivity index (χ2v) is 15.8. The molecule has 0 fully saturated rings.